The zero-order valence-electron chi connectivity index (χ0n) is 11.2. The minimum absolute atomic E-state index is 0.192. The summed E-state index contributed by atoms with van der Waals surface area (Å²) in [6.45, 7) is 3.03. The summed E-state index contributed by atoms with van der Waals surface area (Å²) in [5.74, 6) is 1.33. The van der Waals surface area contributed by atoms with E-state index in [0.29, 0.717) is 18.3 Å². The van der Waals surface area contributed by atoms with Crippen LogP contribution in [-0.2, 0) is 17.9 Å². The Balaban J connectivity index is 2.02. The van der Waals surface area contributed by atoms with Gasteiger partial charge in [0.05, 0.1) is 5.75 Å². The van der Waals surface area contributed by atoms with Crippen LogP contribution < -0.4 is 10.5 Å². The van der Waals surface area contributed by atoms with E-state index < -0.39 is 0 Å². The van der Waals surface area contributed by atoms with Gasteiger partial charge in [-0.25, -0.2) is 0 Å². The first kappa shape index (κ1) is 14.4. The average Bonchev–Trinajstić information content (AvgIpc) is 2.86. The monoisotopic (exact) mass is 292 g/mol. The Morgan fingerprint density at radius 3 is 2.75 bits per heavy atom. The maximum atomic E-state index is 10.8. The van der Waals surface area contributed by atoms with Crippen molar-refractivity contribution in [2.24, 2.45) is 5.73 Å². The van der Waals surface area contributed by atoms with Crippen LogP contribution in [0.1, 0.15) is 12.7 Å². The molecule has 0 fully saturated rings. The van der Waals surface area contributed by atoms with Crippen molar-refractivity contribution in [3.63, 3.8) is 0 Å². The second-order valence-corrected chi connectivity index (χ2v) is 4.94. The van der Waals surface area contributed by atoms with Crippen molar-refractivity contribution in [2.45, 2.75) is 25.2 Å². The van der Waals surface area contributed by atoms with Gasteiger partial charge >= 0.3 is 0 Å². The summed E-state index contributed by atoms with van der Waals surface area (Å²) in [5, 5.41) is 8.83. The number of amides is 1. The van der Waals surface area contributed by atoms with Gasteiger partial charge in [-0.2, -0.15) is 0 Å². The number of carbonyl (C=O) groups is 1. The molecule has 2 N–H and O–H groups in total. The van der Waals surface area contributed by atoms with E-state index >= 15 is 0 Å². The van der Waals surface area contributed by atoms with Gasteiger partial charge in [0, 0.05) is 6.54 Å². The number of nitrogens with two attached hydrogens (primary N) is 1. The van der Waals surface area contributed by atoms with Crippen LogP contribution >= 0.6 is 11.8 Å². The zero-order valence-corrected chi connectivity index (χ0v) is 12.0. The van der Waals surface area contributed by atoms with Crippen LogP contribution in [0.3, 0.4) is 0 Å². The van der Waals surface area contributed by atoms with E-state index in [2.05, 4.69) is 10.2 Å². The first-order valence-corrected chi connectivity index (χ1v) is 7.20. The molecule has 1 amide bonds. The molecule has 0 saturated carbocycles. The lowest BCUT2D eigenvalue weighted by molar-refractivity contribution is -0.115. The van der Waals surface area contributed by atoms with E-state index in [-0.39, 0.29) is 11.7 Å². The molecule has 1 aromatic carbocycles. The number of rotatable bonds is 7. The van der Waals surface area contributed by atoms with Crippen molar-refractivity contribution in [3.8, 4) is 5.75 Å². The van der Waals surface area contributed by atoms with Gasteiger partial charge in [0.15, 0.2) is 11.0 Å². The van der Waals surface area contributed by atoms with Crippen molar-refractivity contribution in [1.82, 2.24) is 14.8 Å². The molecule has 0 aliphatic heterocycles. The number of para-hydroxylation sites is 1. The molecular weight excluding hydrogens is 276 g/mol. The SMILES string of the molecule is CCn1c(COc2ccccc2)nnc1SCC(N)=O. The van der Waals surface area contributed by atoms with E-state index in [0.717, 1.165) is 11.6 Å². The highest BCUT2D eigenvalue weighted by Crippen LogP contribution is 2.18. The third-order valence-corrected chi connectivity index (χ3v) is 3.55. The van der Waals surface area contributed by atoms with E-state index in [9.17, 15) is 4.79 Å². The fourth-order valence-electron chi connectivity index (χ4n) is 1.65. The molecule has 1 heterocycles. The van der Waals surface area contributed by atoms with Gasteiger partial charge in [-0.3, -0.25) is 4.79 Å². The highest BCUT2D eigenvalue weighted by molar-refractivity contribution is 7.99. The van der Waals surface area contributed by atoms with Crippen LogP contribution in [-0.4, -0.2) is 26.4 Å². The van der Waals surface area contributed by atoms with Crippen LogP contribution in [0.2, 0.25) is 0 Å². The largest absolute Gasteiger partial charge is 0.486 e. The van der Waals surface area contributed by atoms with Crippen LogP contribution in [0.15, 0.2) is 35.5 Å². The molecule has 7 heteroatoms. The molecular formula is C13H16N4O2S. The predicted molar refractivity (Wildman–Crippen MR) is 76.4 cm³/mol. The van der Waals surface area contributed by atoms with Gasteiger partial charge in [-0.1, -0.05) is 30.0 Å². The molecule has 0 radical (unpaired) electrons. The zero-order chi connectivity index (χ0) is 14.4. The number of aromatic nitrogens is 3. The lowest BCUT2D eigenvalue weighted by atomic mass is 10.3. The van der Waals surface area contributed by atoms with Gasteiger partial charge in [0.1, 0.15) is 12.4 Å². The van der Waals surface area contributed by atoms with Gasteiger partial charge in [-0.15, -0.1) is 10.2 Å². The van der Waals surface area contributed by atoms with Crippen molar-refractivity contribution < 1.29 is 9.53 Å². The highest BCUT2D eigenvalue weighted by atomic mass is 32.2. The summed E-state index contributed by atoms with van der Waals surface area (Å²) in [4.78, 5) is 10.8. The number of nitrogens with zero attached hydrogens (tertiary/aromatic N) is 3. The lowest BCUT2D eigenvalue weighted by Crippen LogP contribution is -2.14. The molecule has 6 nitrogen and oxygen atoms in total. The summed E-state index contributed by atoms with van der Waals surface area (Å²) >= 11 is 1.28. The Morgan fingerprint density at radius 2 is 2.10 bits per heavy atom. The van der Waals surface area contributed by atoms with E-state index in [1.54, 1.807) is 0 Å². The second-order valence-electron chi connectivity index (χ2n) is 4.00. The summed E-state index contributed by atoms with van der Waals surface area (Å²) < 4.78 is 7.56. The van der Waals surface area contributed by atoms with Crippen molar-refractivity contribution in [1.29, 1.82) is 0 Å². The Labute approximate surface area is 121 Å². The van der Waals surface area contributed by atoms with Crippen LogP contribution in [0.4, 0.5) is 0 Å². The highest BCUT2D eigenvalue weighted by Gasteiger charge is 2.12. The van der Waals surface area contributed by atoms with E-state index in [4.69, 9.17) is 10.5 Å². The van der Waals surface area contributed by atoms with Crippen molar-refractivity contribution >= 4 is 17.7 Å². The number of hydrogen-bond donors (Lipinski definition) is 1. The van der Waals surface area contributed by atoms with Gasteiger partial charge in [-0.05, 0) is 19.1 Å². The molecule has 0 aliphatic rings. The van der Waals surface area contributed by atoms with Crippen molar-refractivity contribution in [2.75, 3.05) is 5.75 Å². The van der Waals surface area contributed by atoms with Gasteiger partial charge in [0.2, 0.25) is 5.91 Å². The predicted octanol–water partition coefficient (Wildman–Crippen LogP) is 1.45. The normalized spacial score (nSPS) is 10.4. The molecule has 2 aromatic rings. The Kier molecular flexibility index (Phi) is 5.00. The van der Waals surface area contributed by atoms with Crippen molar-refractivity contribution in [3.05, 3.63) is 36.2 Å². The molecule has 0 aliphatic carbocycles. The van der Waals surface area contributed by atoms with Crippen LogP contribution in [0, 0.1) is 0 Å². The molecule has 106 valence electrons. The molecule has 2 rings (SSSR count). The standard InChI is InChI=1S/C13H16N4O2S/c1-2-17-12(8-19-10-6-4-3-5-7-10)15-16-13(17)20-9-11(14)18/h3-7H,2,8-9H2,1H3,(H2,14,18). The number of ether oxygens (including phenoxy) is 1. The summed E-state index contributed by atoms with van der Waals surface area (Å²) in [6.07, 6.45) is 0. The molecule has 0 atom stereocenters. The minimum Gasteiger partial charge on any atom is -0.486 e. The minimum atomic E-state index is -0.372. The van der Waals surface area contributed by atoms with Gasteiger partial charge < -0.3 is 15.0 Å². The fourth-order valence-corrected chi connectivity index (χ4v) is 2.41. The quantitative estimate of drug-likeness (QED) is 0.781. The third-order valence-electron chi connectivity index (χ3n) is 2.56. The van der Waals surface area contributed by atoms with E-state index in [1.165, 1.54) is 11.8 Å². The number of benzene rings is 1. The molecule has 0 spiro atoms. The molecule has 0 saturated heterocycles. The average molecular weight is 292 g/mol. The maximum Gasteiger partial charge on any atom is 0.227 e. The number of hydrogen-bond acceptors (Lipinski definition) is 5. The van der Waals surface area contributed by atoms with E-state index in [1.807, 2.05) is 41.8 Å². The maximum absolute atomic E-state index is 10.8. The number of thioether (sulfide) groups is 1. The first-order valence-electron chi connectivity index (χ1n) is 6.21. The fraction of sp³-hybridized carbons (Fsp3) is 0.308. The number of carbonyl (C=O) groups excluding carboxylic acids is 1. The first-order chi connectivity index (χ1) is 9.70. The Hall–Kier alpha value is -2.02. The smallest absolute Gasteiger partial charge is 0.227 e. The molecule has 0 bridgehead atoms. The topological polar surface area (TPSA) is 83.0 Å². The summed E-state index contributed by atoms with van der Waals surface area (Å²) in [7, 11) is 0. The Morgan fingerprint density at radius 1 is 1.35 bits per heavy atom. The summed E-state index contributed by atoms with van der Waals surface area (Å²) in [5.41, 5.74) is 5.13. The van der Waals surface area contributed by atoms with Crippen LogP contribution in [0.5, 0.6) is 5.75 Å². The molecule has 0 unspecified atom stereocenters. The van der Waals surface area contributed by atoms with Crippen LogP contribution in [0.25, 0.3) is 0 Å². The third kappa shape index (κ3) is 3.74. The lowest BCUT2D eigenvalue weighted by Gasteiger charge is -2.08. The second kappa shape index (κ2) is 6.95. The number of primary amides is 1. The Bertz CT molecular complexity index is 571. The molecule has 20 heavy (non-hydrogen) atoms. The van der Waals surface area contributed by atoms with Gasteiger partial charge in [0.25, 0.3) is 0 Å². The summed E-state index contributed by atoms with van der Waals surface area (Å²) in [6, 6.07) is 9.52. The molecule has 1 aromatic heterocycles.